The highest BCUT2D eigenvalue weighted by atomic mass is 35.5. The quantitative estimate of drug-likeness (QED) is 0.107. The Bertz CT molecular complexity index is 2770. The number of carbonyl (C=O) groups excluding carboxylic acids is 1. The second-order valence-corrected chi connectivity index (χ2v) is 17.6. The molecule has 1 saturated carbocycles. The van der Waals surface area contributed by atoms with Crippen LogP contribution in [0.5, 0.6) is 0 Å². The first-order valence-corrected chi connectivity index (χ1v) is 20.5. The zero-order valence-corrected chi connectivity index (χ0v) is 33.7. The number of rotatable bonds is 10. The fourth-order valence-corrected chi connectivity index (χ4v) is 8.57. The van der Waals surface area contributed by atoms with E-state index in [0.29, 0.717) is 10.7 Å². The number of pyridine rings is 1. The van der Waals surface area contributed by atoms with Gasteiger partial charge in [0.2, 0.25) is 15.9 Å². The average Bonchev–Trinajstić information content (AvgIpc) is 3.39. The summed E-state index contributed by atoms with van der Waals surface area (Å²) >= 11 is 6.46. The van der Waals surface area contributed by atoms with E-state index in [1.807, 2.05) is 0 Å². The number of hydrogen-bond donors (Lipinski definition) is 2. The number of halogens is 11. The summed E-state index contributed by atoms with van der Waals surface area (Å²) in [7, 11) is -4.16. The van der Waals surface area contributed by atoms with Gasteiger partial charge in [0.25, 0.3) is 5.92 Å². The van der Waals surface area contributed by atoms with Gasteiger partial charge in [0.15, 0.2) is 11.5 Å². The Hall–Kier alpha value is -5.36. The Balaban J connectivity index is 1.42. The minimum atomic E-state index is -5.16. The average molecular weight is 904 g/mol. The molecule has 2 aromatic carbocycles. The van der Waals surface area contributed by atoms with E-state index in [-0.39, 0.29) is 61.0 Å². The topological polar surface area (TPSA) is 124 Å². The zero-order chi connectivity index (χ0) is 44.8. The molecule has 2 aliphatic rings. The lowest BCUT2D eigenvalue weighted by Gasteiger charge is -2.23. The molecule has 0 unspecified atom stereocenters. The number of hydrogen-bond acceptors (Lipinski definition) is 6. The van der Waals surface area contributed by atoms with E-state index in [4.69, 9.17) is 11.6 Å². The van der Waals surface area contributed by atoms with Crippen molar-refractivity contribution in [1.82, 2.24) is 29.9 Å². The van der Waals surface area contributed by atoms with Gasteiger partial charge in [0, 0.05) is 40.0 Å². The molecule has 3 aromatic heterocycles. The highest BCUT2D eigenvalue weighted by Crippen LogP contribution is 2.72. The van der Waals surface area contributed by atoms with E-state index < -0.39 is 105 Å². The number of alkyl halides is 8. The Labute approximate surface area is 345 Å². The zero-order valence-electron chi connectivity index (χ0n) is 32.1. The fraction of sp³-hybridized carbons (Fsp3) is 0.385. The lowest BCUT2D eigenvalue weighted by Crippen LogP contribution is -2.35. The minimum absolute atomic E-state index is 0.0254. The summed E-state index contributed by atoms with van der Waals surface area (Å²) in [6.45, 7) is 1.80. The van der Waals surface area contributed by atoms with Crippen LogP contribution in [-0.4, -0.2) is 51.3 Å². The van der Waals surface area contributed by atoms with Crippen LogP contribution in [0.25, 0.3) is 22.0 Å². The summed E-state index contributed by atoms with van der Waals surface area (Å²) in [5, 5.41) is 9.31. The molecule has 324 valence electrons. The second kappa shape index (κ2) is 14.9. The fourth-order valence-electron chi connectivity index (χ4n) is 7.83. The van der Waals surface area contributed by atoms with Gasteiger partial charge in [0.1, 0.15) is 36.1 Å². The van der Waals surface area contributed by atoms with Crippen molar-refractivity contribution in [2.75, 3.05) is 11.0 Å². The predicted molar refractivity (Wildman–Crippen MR) is 202 cm³/mol. The summed E-state index contributed by atoms with van der Waals surface area (Å²) in [5.41, 5.74) is -5.81. The van der Waals surface area contributed by atoms with E-state index >= 15 is 8.78 Å². The van der Waals surface area contributed by atoms with Gasteiger partial charge in [-0.25, -0.2) is 22.2 Å². The van der Waals surface area contributed by atoms with Gasteiger partial charge in [0.05, 0.1) is 33.9 Å². The van der Waals surface area contributed by atoms with Crippen molar-refractivity contribution in [2.24, 2.45) is 11.8 Å². The van der Waals surface area contributed by atoms with Crippen molar-refractivity contribution >= 4 is 44.3 Å². The third-order valence-electron chi connectivity index (χ3n) is 10.3. The molecule has 1 amide bonds. The van der Waals surface area contributed by atoms with Crippen molar-refractivity contribution < 1.29 is 57.1 Å². The van der Waals surface area contributed by atoms with Crippen LogP contribution in [0.3, 0.4) is 0 Å². The van der Waals surface area contributed by atoms with Crippen molar-refractivity contribution in [3.8, 4) is 23.0 Å². The highest BCUT2D eigenvalue weighted by molar-refractivity contribution is 7.92. The maximum absolute atomic E-state index is 15.6. The number of benzene rings is 2. The first kappa shape index (κ1) is 43.7. The van der Waals surface area contributed by atoms with E-state index in [0.717, 1.165) is 18.4 Å². The number of amides is 1. The molecule has 1 fully saturated rings. The largest absolute Gasteiger partial charge is 0.435 e. The molecule has 3 atom stereocenters. The van der Waals surface area contributed by atoms with Crippen LogP contribution >= 0.6 is 11.6 Å². The van der Waals surface area contributed by atoms with Gasteiger partial charge in [-0.3, -0.25) is 18.9 Å². The second-order valence-electron chi connectivity index (χ2n) is 15.5. The molecule has 0 radical (unpaired) electrons. The number of anilines is 1. The molecule has 7 rings (SSSR count). The number of nitrogens with one attached hydrogen (secondary N) is 2. The van der Waals surface area contributed by atoms with Crippen LogP contribution in [0.15, 0.2) is 42.5 Å². The first-order chi connectivity index (χ1) is 28.2. The molecular formula is C39H32ClF10N7O3S. The maximum Gasteiger partial charge on any atom is 0.435 e. The normalized spacial score (nSPS) is 18.7. The summed E-state index contributed by atoms with van der Waals surface area (Å²) in [4.78, 5) is 18.6. The van der Waals surface area contributed by atoms with Crippen LogP contribution in [0.2, 0.25) is 5.02 Å². The van der Waals surface area contributed by atoms with Crippen LogP contribution in [0.1, 0.15) is 67.1 Å². The molecule has 0 aliphatic heterocycles. The summed E-state index contributed by atoms with van der Waals surface area (Å²) in [6.07, 6.45) is -10.1. The van der Waals surface area contributed by atoms with E-state index in [9.17, 15) is 48.3 Å². The lowest BCUT2D eigenvalue weighted by atomic mass is 9.93. The Morgan fingerprint density at radius 3 is 2.26 bits per heavy atom. The molecule has 3 heterocycles. The van der Waals surface area contributed by atoms with Crippen LogP contribution in [-0.2, 0) is 51.8 Å². The summed E-state index contributed by atoms with van der Waals surface area (Å²) in [5.74, 6) is -3.65. The van der Waals surface area contributed by atoms with Gasteiger partial charge in [-0.15, -0.1) is 0 Å². The van der Waals surface area contributed by atoms with Crippen molar-refractivity contribution in [1.29, 1.82) is 0 Å². The summed E-state index contributed by atoms with van der Waals surface area (Å²) < 4.78 is 173. The standard InChI is InChI=1S/C39H32ClF10N7O3S/c1-18(2)5-6-22-7-8-23(24-9-10-25(40)29-32(24)57(17-37(43,44)45)54-35(29)55-61(4,59)60)31(51-22)26(13-19-11-20(41)14-21(42)12-19)52-28(58)16-56-34-30(33(53-56)39(48,49)50)36(3)15-27(36)38(34,46)47/h7-12,14,18,26-27H,13,15-17H2,1-4H3,(H,52,58)(H,54,55)/t26-,27+,36+/m0/s1. The number of aromatic nitrogens is 5. The monoisotopic (exact) mass is 903 g/mol. The van der Waals surface area contributed by atoms with Gasteiger partial charge in [-0.2, -0.15) is 45.3 Å². The van der Waals surface area contributed by atoms with Gasteiger partial charge in [-0.1, -0.05) is 44.4 Å². The lowest BCUT2D eigenvalue weighted by molar-refractivity contribution is -0.143. The van der Waals surface area contributed by atoms with Crippen LogP contribution in [0, 0.1) is 35.3 Å². The molecule has 22 heteroatoms. The van der Waals surface area contributed by atoms with Crippen LogP contribution in [0.4, 0.5) is 49.7 Å². The molecule has 2 aliphatic carbocycles. The number of fused-ring (bicyclic) bond motifs is 4. The number of nitrogens with zero attached hydrogens (tertiary/aromatic N) is 5. The minimum Gasteiger partial charge on any atom is -0.346 e. The van der Waals surface area contributed by atoms with Crippen LogP contribution < -0.4 is 10.0 Å². The van der Waals surface area contributed by atoms with E-state index in [2.05, 4.69) is 37.1 Å². The van der Waals surface area contributed by atoms with Gasteiger partial charge in [-0.05, 0) is 54.7 Å². The Morgan fingerprint density at radius 1 is 1.00 bits per heavy atom. The molecular weight excluding hydrogens is 872 g/mol. The smallest absolute Gasteiger partial charge is 0.346 e. The third-order valence-corrected chi connectivity index (χ3v) is 11.1. The van der Waals surface area contributed by atoms with E-state index in [1.165, 1.54) is 31.2 Å². The SMILES string of the molecule is CC(C)C#Cc1ccc(-c2ccc(Cl)c3c(NS(C)(=O)=O)nn(CC(F)(F)F)c23)c([C@H](Cc2cc(F)cc(F)c2)NC(=O)Cn2nc(C(F)(F)F)c3c2C(F)(F)[C@@H]2C[C@@]32C)n1. The molecule has 10 nitrogen and oxygen atoms in total. The number of carbonyl (C=O) groups is 1. The van der Waals surface area contributed by atoms with Crippen molar-refractivity contribution in [2.45, 2.75) is 76.4 Å². The molecule has 0 spiro atoms. The third kappa shape index (κ3) is 8.61. The Morgan fingerprint density at radius 2 is 1.66 bits per heavy atom. The van der Waals surface area contributed by atoms with Gasteiger partial charge >= 0.3 is 12.4 Å². The molecule has 0 bridgehead atoms. The highest BCUT2D eigenvalue weighted by Gasteiger charge is 2.75. The molecule has 2 N–H and O–H groups in total. The van der Waals surface area contributed by atoms with Crippen molar-refractivity contribution in [3.63, 3.8) is 0 Å². The molecule has 5 aromatic rings. The van der Waals surface area contributed by atoms with Gasteiger partial charge < -0.3 is 5.32 Å². The maximum atomic E-state index is 15.6. The molecule has 61 heavy (non-hydrogen) atoms. The van der Waals surface area contributed by atoms with E-state index in [1.54, 1.807) is 13.8 Å². The molecule has 0 saturated heterocycles. The summed E-state index contributed by atoms with van der Waals surface area (Å²) in [6, 6.07) is 5.97. The number of sulfonamides is 1. The predicted octanol–water partition coefficient (Wildman–Crippen LogP) is 8.67. The first-order valence-electron chi connectivity index (χ1n) is 18.2. The Kier molecular flexibility index (Phi) is 10.7. The van der Waals surface area contributed by atoms with Crippen molar-refractivity contribution in [3.05, 3.63) is 93.0 Å².